The fraction of sp³-hybridized carbons (Fsp3) is 0.500. The number of thiophene rings is 1. The van der Waals surface area contributed by atoms with Gasteiger partial charge in [-0.1, -0.05) is 0 Å². The van der Waals surface area contributed by atoms with Gasteiger partial charge < -0.3 is 15.2 Å². The molecule has 1 aromatic heterocycles. The Labute approximate surface area is 118 Å². The number of aliphatic carboxylic acids is 1. The van der Waals surface area contributed by atoms with E-state index in [1.807, 2.05) is 0 Å². The van der Waals surface area contributed by atoms with E-state index < -0.39 is 18.5 Å². The molecule has 2 N–H and O–H groups in total. The Balaban J connectivity index is 2.69. The van der Waals surface area contributed by atoms with E-state index in [9.17, 15) is 18.4 Å². The minimum atomic E-state index is -3.00. The maximum Gasteiger partial charge on any atom is 0.387 e. The first-order valence-corrected chi connectivity index (χ1v) is 6.69. The van der Waals surface area contributed by atoms with Crippen molar-refractivity contribution in [3.8, 4) is 5.75 Å². The summed E-state index contributed by atoms with van der Waals surface area (Å²) in [6.07, 6.45) is 0.182. The van der Waals surface area contributed by atoms with Gasteiger partial charge in [-0.25, -0.2) is 0 Å². The smallest absolute Gasteiger partial charge is 0.387 e. The van der Waals surface area contributed by atoms with E-state index in [-0.39, 0.29) is 29.5 Å². The molecule has 1 aromatic rings. The third-order valence-electron chi connectivity index (χ3n) is 2.41. The number of carbonyl (C=O) groups excluding carboxylic acids is 1. The van der Waals surface area contributed by atoms with E-state index in [4.69, 9.17) is 5.11 Å². The average molecular weight is 307 g/mol. The minimum Gasteiger partial charge on any atom is -0.481 e. The first-order chi connectivity index (χ1) is 9.29. The topological polar surface area (TPSA) is 75.6 Å². The van der Waals surface area contributed by atoms with Crippen molar-refractivity contribution < 1.29 is 28.2 Å². The molecule has 1 amide bonds. The maximum atomic E-state index is 12.2. The average Bonchev–Trinajstić information content (AvgIpc) is 2.66. The number of hydrogen-bond acceptors (Lipinski definition) is 4. The minimum absolute atomic E-state index is 0.0602. The number of carbonyl (C=O) groups is 2. The number of carboxylic acid groups (broad SMARTS) is 1. The van der Waals surface area contributed by atoms with Crippen molar-refractivity contribution >= 4 is 23.2 Å². The lowest BCUT2D eigenvalue weighted by Crippen LogP contribution is -2.32. The van der Waals surface area contributed by atoms with Gasteiger partial charge in [0.05, 0.1) is 0 Å². The molecule has 1 atom stereocenters. The van der Waals surface area contributed by atoms with Gasteiger partial charge in [-0.05, 0) is 26.3 Å². The molecule has 112 valence electrons. The molecule has 0 fully saturated rings. The Morgan fingerprint density at radius 1 is 1.50 bits per heavy atom. The summed E-state index contributed by atoms with van der Waals surface area (Å²) in [4.78, 5) is 23.1. The fourth-order valence-electron chi connectivity index (χ4n) is 1.53. The second-order valence-corrected chi connectivity index (χ2v) is 5.49. The van der Waals surface area contributed by atoms with Crippen molar-refractivity contribution in [2.45, 2.75) is 39.3 Å². The molecule has 0 aromatic carbocycles. The van der Waals surface area contributed by atoms with Crippen molar-refractivity contribution in [1.29, 1.82) is 0 Å². The van der Waals surface area contributed by atoms with Crippen LogP contribution < -0.4 is 10.1 Å². The monoisotopic (exact) mass is 307 g/mol. The number of halogens is 2. The van der Waals surface area contributed by atoms with Crippen LogP contribution >= 0.6 is 11.3 Å². The molecule has 0 aliphatic heterocycles. The Morgan fingerprint density at radius 2 is 2.15 bits per heavy atom. The van der Waals surface area contributed by atoms with Gasteiger partial charge in [0, 0.05) is 17.3 Å². The van der Waals surface area contributed by atoms with E-state index in [0.29, 0.717) is 4.88 Å². The SMILES string of the molecule is Cc1cc(OC(F)F)c(C(=O)NC(C)CCC(=O)O)s1. The van der Waals surface area contributed by atoms with E-state index in [1.54, 1.807) is 13.8 Å². The number of rotatable bonds is 7. The molecule has 0 saturated heterocycles. The molecule has 0 bridgehead atoms. The van der Waals surface area contributed by atoms with Crippen LogP contribution in [0.3, 0.4) is 0 Å². The molecular weight excluding hydrogens is 292 g/mol. The van der Waals surface area contributed by atoms with Crippen LogP contribution in [0.25, 0.3) is 0 Å². The highest BCUT2D eigenvalue weighted by atomic mass is 32.1. The molecule has 1 heterocycles. The van der Waals surface area contributed by atoms with Crippen LogP contribution in [0.15, 0.2) is 6.07 Å². The van der Waals surface area contributed by atoms with Gasteiger partial charge in [-0.15, -0.1) is 11.3 Å². The number of amides is 1. The Kier molecular flexibility index (Phi) is 5.87. The van der Waals surface area contributed by atoms with Gasteiger partial charge in [-0.2, -0.15) is 8.78 Å². The van der Waals surface area contributed by atoms with E-state index in [0.717, 1.165) is 11.3 Å². The second kappa shape index (κ2) is 7.18. The zero-order valence-electron chi connectivity index (χ0n) is 11.0. The first kappa shape index (κ1) is 16.4. The van der Waals surface area contributed by atoms with Gasteiger partial charge in [0.1, 0.15) is 10.6 Å². The summed E-state index contributed by atoms with van der Waals surface area (Å²) < 4.78 is 28.8. The maximum absolute atomic E-state index is 12.2. The molecule has 0 spiro atoms. The van der Waals surface area contributed by atoms with Crippen LogP contribution in [0, 0.1) is 6.92 Å². The van der Waals surface area contributed by atoms with Gasteiger partial charge in [0.25, 0.3) is 5.91 Å². The van der Waals surface area contributed by atoms with Crippen LogP contribution in [0.5, 0.6) is 5.75 Å². The lowest BCUT2D eigenvalue weighted by molar-refractivity contribution is -0.137. The summed E-state index contributed by atoms with van der Waals surface area (Å²) in [6.45, 7) is 0.322. The van der Waals surface area contributed by atoms with Crippen LogP contribution in [0.4, 0.5) is 8.78 Å². The zero-order valence-corrected chi connectivity index (χ0v) is 11.8. The number of nitrogens with one attached hydrogen (secondary N) is 1. The van der Waals surface area contributed by atoms with Crippen LogP contribution in [0.2, 0.25) is 0 Å². The largest absolute Gasteiger partial charge is 0.481 e. The zero-order chi connectivity index (χ0) is 15.3. The quantitative estimate of drug-likeness (QED) is 0.812. The van der Waals surface area contributed by atoms with Crippen LogP contribution in [0.1, 0.15) is 34.3 Å². The molecule has 0 aliphatic rings. The molecule has 5 nitrogen and oxygen atoms in total. The lowest BCUT2D eigenvalue weighted by Gasteiger charge is -2.12. The standard InChI is InChI=1S/C12H15F2NO4S/c1-6(3-4-9(16)17)15-11(18)10-8(19-12(13)14)5-7(2)20-10/h5-6,12H,3-4H2,1-2H3,(H,15,18)(H,16,17). The van der Waals surface area contributed by atoms with Crippen molar-refractivity contribution in [3.05, 3.63) is 15.8 Å². The Morgan fingerprint density at radius 3 is 2.70 bits per heavy atom. The lowest BCUT2D eigenvalue weighted by atomic mass is 10.2. The molecule has 1 unspecified atom stereocenters. The molecular formula is C12H15F2NO4S. The summed E-state index contributed by atoms with van der Waals surface area (Å²) in [6, 6.07) is 0.994. The van der Waals surface area contributed by atoms with Gasteiger partial charge in [0.2, 0.25) is 0 Å². The fourth-order valence-corrected chi connectivity index (χ4v) is 2.38. The van der Waals surface area contributed by atoms with Crippen molar-refractivity contribution in [1.82, 2.24) is 5.32 Å². The molecule has 20 heavy (non-hydrogen) atoms. The third-order valence-corrected chi connectivity index (χ3v) is 3.44. The second-order valence-electron chi connectivity index (χ2n) is 4.24. The van der Waals surface area contributed by atoms with Gasteiger partial charge in [-0.3, -0.25) is 9.59 Å². The van der Waals surface area contributed by atoms with Crippen LogP contribution in [-0.2, 0) is 4.79 Å². The predicted molar refractivity (Wildman–Crippen MR) is 69.5 cm³/mol. The Hall–Kier alpha value is -1.70. The summed E-state index contributed by atoms with van der Waals surface area (Å²) in [5, 5.41) is 11.1. The summed E-state index contributed by atoms with van der Waals surface area (Å²) in [5.41, 5.74) is 0. The third kappa shape index (κ3) is 5.12. The van der Waals surface area contributed by atoms with Gasteiger partial charge in [0.15, 0.2) is 0 Å². The molecule has 0 radical (unpaired) electrons. The normalized spacial score (nSPS) is 12.2. The van der Waals surface area contributed by atoms with E-state index in [2.05, 4.69) is 10.1 Å². The molecule has 0 saturated carbocycles. The number of aryl methyl sites for hydroxylation is 1. The number of ether oxygens (including phenoxy) is 1. The van der Waals surface area contributed by atoms with Crippen molar-refractivity contribution in [2.24, 2.45) is 0 Å². The van der Waals surface area contributed by atoms with E-state index in [1.165, 1.54) is 6.07 Å². The Bertz CT molecular complexity index is 490. The highest BCUT2D eigenvalue weighted by molar-refractivity contribution is 7.14. The van der Waals surface area contributed by atoms with Crippen molar-refractivity contribution in [2.75, 3.05) is 0 Å². The molecule has 1 rings (SSSR count). The summed E-state index contributed by atoms with van der Waals surface area (Å²) in [5.74, 6) is -1.66. The van der Waals surface area contributed by atoms with Crippen molar-refractivity contribution in [3.63, 3.8) is 0 Å². The van der Waals surface area contributed by atoms with Crippen LogP contribution in [-0.4, -0.2) is 29.6 Å². The molecule has 0 aliphatic carbocycles. The predicted octanol–water partition coefficient (Wildman–Crippen LogP) is 2.64. The van der Waals surface area contributed by atoms with Gasteiger partial charge >= 0.3 is 12.6 Å². The summed E-state index contributed by atoms with van der Waals surface area (Å²) >= 11 is 1.04. The highest BCUT2D eigenvalue weighted by Gasteiger charge is 2.20. The first-order valence-electron chi connectivity index (χ1n) is 5.87. The number of carboxylic acids is 1. The highest BCUT2D eigenvalue weighted by Crippen LogP contribution is 2.30. The summed E-state index contributed by atoms with van der Waals surface area (Å²) in [7, 11) is 0. The number of hydrogen-bond donors (Lipinski definition) is 2. The van der Waals surface area contributed by atoms with E-state index >= 15 is 0 Å². The number of alkyl halides is 2. The molecule has 8 heteroatoms.